The lowest BCUT2D eigenvalue weighted by Gasteiger charge is -2.13. The molecule has 140 valence electrons. The Bertz CT molecular complexity index is 1170. The van der Waals surface area contributed by atoms with E-state index in [0.29, 0.717) is 11.9 Å². The molecule has 1 aliphatic heterocycles. The van der Waals surface area contributed by atoms with E-state index in [2.05, 4.69) is 9.97 Å². The van der Waals surface area contributed by atoms with Crippen molar-refractivity contribution in [1.29, 1.82) is 0 Å². The SMILES string of the molecule is O=c1c2c(-c3ccncc3)csc2c(-c2ccncc2)nn1CC1CCCO1. The number of aromatic nitrogens is 4. The van der Waals surface area contributed by atoms with Gasteiger partial charge in [-0.2, -0.15) is 5.10 Å². The second kappa shape index (κ2) is 7.26. The highest BCUT2D eigenvalue weighted by Crippen LogP contribution is 2.36. The minimum Gasteiger partial charge on any atom is -0.376 e. The number of hydrogen-bond donors (Lipinski definition) is 0. The van der Waals surface area contributed by atoms with Crippen molar-refractivity contribution in [2.24, 2.45) is 0 Å². The number of fused-ring (bicyclic) bond motifs is 1. The maximum Gasteiger partial charge on any atom is 0.276 e. The molecular weight excluding hydrogens is 372 g/mol. The molecule has 5 rings (SSSR count). The van der Waals surface area contributed by atoms with Gasteiger partial charge in [-0.15, -0.1) is 11.3 Å². The molecule has 0 aromatic carbocycles. The molecule has 4 aromatic rings. The first-order chi connectivity index (χ1) is 13.8. The summed E-state index contributed by atoms with van der Waals surface area (Å²) in [6.45, 7) is 1.22. The van der Waals surface area contributed by atoms with Crippen LogP contribution in [0.15, 0.2) is 59.2 Å². The Morgan fingerprint density at radius 3 is 2.46 bits per heavy atom. The highest BCUT2D eigenvalue weighted by molar-refractivity contribution is 7.18. The van der Waals surface area contributed by atoms with Crippen molar-refractivity contribution in [3.8, 4) is 22.4 Å². The van der Waals surface area contributed by atoms with Crippen molar-refractivity contribution < 1.29 is 4.74 Å². The van der Waals surface area contributed by atoms with Gasteiger partial charge in [0, 0.05) is 47.9 Å². The molecule has 5 heterocycles. The molecule has 1 atom stereocenters. The van der Waals surface area contributed by atoms with Gasteiger partial charge in [-0.3, -0.25) is 14.8 Å². The molecule has 28 heavy (non-hydrogen) atoms. The van der Waals surface area contributed by atoms with Gasteiger partial charge < -0.3 is 4.74 Å². The molecule has 0 N–H and O–H groups in total. The van der Waals surface area contributed by atoms with Crippen molar-refractivity contribution in [3.63, 3.8) is 0 Å². The molecule has 1 unspecified atom stereocenters. The third-order valence-corrected chi connectivity index (χ3v) is 6.01. The highest BCUT2D eigenvalue weighted by Gasteiger charge is 2.22. The number of thiophene rings is 1. The largest absolute Gasteiger partial charge is 0.376 e. The Morgan fingerprint density at radius 2 is 1.79 bits per heavy atom. The summed E-state index contributed by atoms with van der Waals surface area (Å²) >= 11 is 1.55. The summed E-state index contributed by atoms with van der Waals surface area (Å²) in [5, 5.41) is 7.47. The average molecular weight is 390 g/mol. The van der Waals surface area contributed by atoms with Crippen LogP contribution in [-0.4, -0.2) is 32.5 Å². The molecule has 0 saturated carbocycles. The van der Waals surface area contributed by atoms with Crippen molar-refractivity contribution in [3.05, 3.63) is 64.8 Å². The first kappa shape index (κ1) is 17.2. The number of hydrogen-bond acceptors (Lipinski definition) is 6. The van der Waals surface area contributed by atoms with Crippen LogP contribution in [0.2, 0.25) is 0 Å². The number of nitrogens with zero attached hydrogens (tertiary/aromatic N) is 4. The average Bonchev–Trinajstić information content (AvgIpc) is 3.42. The summed E-state index contributed by atoms with van der Waals surface area (Å²) in [5.41, 5.74) is 3.58. The van der Waals surface area contributed by atoms with E-state index in [4.69, 9.17) is 9.84 Å². The second-order valence-electron chi connectivity index (χ2n) is 6.80. The molecule has 0 spiro atoms. The van der Waals surface area contributed by atoms with Crippen LogP contribution in [0.1, 0.15) is 12.8 Å². The Labute approximate surface area is 165 Å². The molecule has 1 saturated heterocycles. The smallest absolute Gasteiger partial charge is 0.276 e. The van der Waals surface area contributed by atoms with E-state index in [-0.39, 0.29) is 11.7 Å². The molecule has 0 radical (unpaired) electrons. The Kier molecular flexibility index (Phi) is 4.46. The molecule has 1 fully saturated rings. The summed E-state index contributed by atoms with van der Waals surface area (Å²) in [5.74, 6) is 0. The predicted octanol–water partition coefficient (Wildman–Crippen LogP) is 3.76. The van der Waals surface area contributed by atoms with Gasteiger partial charge in [0.2, 0.25) is 0 Å². The first-order valence-electron chi connectivity index (χ1n) is 9.26. The van der Waals surface area contributed by atoms with Crippen LogP contribution >= 0.6 is 11.3 Å². The summed E-state index contributed by atoms with van der Waals surface area (Å²) in [6.07, 6.45) is 9.00. The molecular formula is C21H18N4O2S. The van der Waals surface area contributed by atoms with Gasteiger partial charge in [-0.1, -0.05) is 0 Å². The zero-order valence-corrected chi connectivity index (χ0v) is 15.9. The maximum absolute atomic E-state index is 13.4. The fourth-order valence-corrected chi connectivity index (χ4v) is 4.71. The van der Waals surface area contributed by atoms with Gasteiger partial charge in [-0.25, -0.2) is 4.68 Å². The van der Waals surface area contributed by atoms with Crippen molar-refractivity contribution in [2.75, 3.05) is 6.61 Å². The molecule has 0 aliphatic carbocycles. The van der Waals surface area contributed by atoms with Gasteiger partial charge in [0.1, 0.15) is 5.69 Å². The summed E-state index contributed by atoms with van der Waals surface area (Å²) in [7, 11) is 0. The molecule has 4 aromatic heterocycles. The second-order valence-corrected chi connectivity index (χ2v) is 7.68. The van der Waals surface area contributed by atoms with E-state index in [1.165, 1.54) is 0 Å². The number of rotatable bonds is 4. The molecule has 1 aliphatic rings. The summed E-state index contributed by atoms with van der Waals surface area (Å²) in [4.78, 5) is 21.6. The van der Waals surface area contributed by atoms with Crippen molar-refractivity contribution >= 4 is 21.4 Å². The topological polar surface area (TPSA) is 69.9 Å². The summed E-state index contributed by atoms with van der Waals surface area (Å²) in [6, 6.07) is 7.71. The van der Waals surface area contributed by atoms with E-state index in [1.807, 2.05) is 29.6 Å². The third kappa shape index (κ3) is 3.02. The molecule has 0 amide bonds. The first-order valence-corrected chi connectivity index (χ1v) is 10.1. The standard InChI is InChI=1S/C21H18N4O2S/c26-21-18-17(14-3-7-22-8-4-14)13-28-20(18)19(15-5-9-23-10-6-15)24-25(21)12-16-2-1-11-27-16/h3-10,13,16H,1-2,11-12H2. The normalized spacial score (nSPS) is 16.6. The zero-order chi connectivity index (χ0) is 18.9. The number of ether oxygens (including phenoxy) is 1. The van der Waals surface area contributed by atoms with E-state index in [0.717, 1.165) is 46.5 Å². The Balaban J connectivity index is 1.75. The van der Waals surface area contributed by atoms with E-state index in [9.17, 15) is 4.79 Å². The van der Waals surface area contributed by atoms with E-state index < -0.39 is 0 Å². The van der Waals surface area contributed by atoms with Crippen LogP contribution in [0.3, 0.4) is 0 Å². The Hall–Kier alpha value is -2.90. The minimum absolute atomic E-state index is 0.0379. The lowest BCUT2D eigenvalue weighted by molar-refractivity contribution is 0.0929. The lowest BCUT2D eigenvalue weighted by atomic mass is 10.1. The van der Waals surface area contributed by atoms with E-state index in [1.54, 1.807) is 40.8 Å². The van der Waals surface area contributed by atoms with Gasteiger partial charge in [0.05, 0.1) is 22.7 Å². The lowest BCUT2D eigenvalue weighted by Crippen LogP contribution is -2.29. The summed E-state index contributed by atoms with van der Waals surface area (Å²) < 4.78 is 8.22. The predicted molar refractivity (Wildman–Crippen MR) is 109 cm³/mol. The fourth-order valence-electron chi connectivity index (χ4n) is 3.63. The van der Waals surface area contributed by atoms with Crippen molar-refractivity contribution in [1.82, 2.24) is 19.7 Å². The van der Waals surface area contributed by atoms with Crippen LogP contribution < -0.4 is 5.56 Å². The quantitative estimate of drug-likeness (QED) is 0.531. The van der Waals surface area contributed by atoms with Gasteiger partial charge in [-0.05, 0) is 42.7 Å². The zero-order valence-electron chi connectivity index (χ0n) is 15.1. The molecule has 0 bridgehead atoms. The van der Waals surface area contributed by atoms with Crippen LogP contribution in [0, 0.1) is 0 Å². The maximum atomic E-state index is 13.4. The Morgan fingerprint density at radius 1 is 1.07 bits per heavy atom. The number of pyridine rings is 2. The van der Waals surface area contributed by atoms with Crippen LogP contribution in [0.4, 0.5) is 0 Å². The molecule has 7 heteroatoms. The monoisotopic (exact) mass is 390 g/mol. The highest BCUT2D eigenvalue weighted by atomic mass is 32.1. The fraction of sp³-hybridized carbons (Fsp3) is 0.238. The van der Waals surface area contributed by atoms with Crippen molar-refractivity contribution in [2.45, 2.75) is 25.5 Å². The third-order valence-electron chi connectivity index (χ3n) is 5.02. The van der Waals surface area contributed by atoms with E-state index >= 15 is 0 Å². The van der Waals surface area contributed by atoms with Gasteiger partial charge in [0.25, 0.3) is 5.56 Å². The molecule has 6 nitrogen and oxygen atoms in total. The minimum atomic E-state index is -0.0728. The van der Waals surface area contributed by atoms with Gasteiger partial charge in [0.15, 0.2) is 0 Å². The van der Waals surface area contributed by atoms with Crippen LogP contribution in [0.25, 0.3) is 32.5 Å². The van der Waals surface area contributed by atoms with Gasteiger partial charge >= 0.3 is 0 Å². The van der Waals surface area contributed by atoms with Crippen LogP contribution in [-0.2, 0) is 11.3 Å². The van der Waals surface area contributed by atoms with Crippen LogP contribution in [0.5, 0.6) is 0 Å².